The maximum atomic E-state index is 12.8. The third-order valence-electron chi connectivity index (χ3n) is 5.35. The van der Waals surface area contributed by atoms with E-state index in [0.717, 1.165) is 58.6 Å². The molecule has 136 valence electrons. The predicted octanol–water partition coefficient (Wildman–Crippen LogP) is 3.02. The monoisotopic (exact) mass is 368 g/mol. The molecule has 2 atom stereocenters. The molecule has 4 rings (SSSR count). The molecule has 3 aromatic rings. The van der Waals surface area contributed by atoms with Gasteiger partial charge in [-0.3, -0.25) is 4.79 Å². The van der Waals surface area contributed by atoms with Crippen molar-refractivity contribution in [3.8, 4) is 11.1 Å². The quantitative estimate of drug-likeness (QED) is 0.747. The Hall–Kier alpha value is -1.98. The summed E-state index contributed by atoms with van der Waals surface area (Å²) < 4.78 is 0. The molecule has 0 saturated carbocycles. The number of hydrogen-bond donors (Lipinski definition) is 2. The average molecular weight is 369 g/mol. The van der Waals surface area contributed by atoms with Gasteiger partial charge in [-0.15, -0.1) is 11.3 Å². The third kappa shape index (κ3) is 3.46. The van der Waals surface area contributed by atoms with Gasteiger partial charge in [0.1, 0.15) is 11.4 Å². The van der Waals surface area contributed by atoms with Crippen LogP contribution in [0.2, 0.25) is 0 Å². The van der Waals surface area contributed by atoms with Crippen molar-refractivity contribution < 1.29 is 4.90 Å². The number of nitrogens with one attached hydrogen (secondary N) is 2. The van der Waals surface area contributed by atoms with Crippen molar-refractivity contribution in [2.24, 2.45) is 11.8 Å². The minimum atomic E-state index is -0.0145. The molecule has 2 N–H and O–H groups in total. The summed E-state index contributed by atoms with van der Waals surface area (Å²) in [5.41, 5.74) is 3.26. The highest BCUT2D eigenvalue weighted by molar-refractivity contribution is 7.17. The topological polar surface area (TPSA) is 50.2 Å². The minimum absolute atomic E-state index is 0.0145. The normalized spacial score (nSPS) is 23.4. The number of quaternary nitrogens is 1. The first kappa shape index (κ1) is 17.4. The number of piperidine rings is 1. The number of nitrogens with zero attached hydrogens (tertiary/aromatic N) is 1. The third-order valence-corrected chi connectivity index (χ3v) is 6.22. The highest BCUT2D eigenvalue weighted by Gasteiger charge is 2.26. The molecular formula is C21H26N3OS+. The van der Waals surface area contributed by atoms with Crippen molar-refractivity contribution in [2.45, 2.75) is 33.7 Å². The number of rotatable bonds is 3. The second-order valence-corrected chi connectivity index (χ2v) is 8.85. The number of thiophene rings is 1. The van der Waals surface area contributed by atoms with E-state index in [9.17, 15) is 4.79 Å². The van der Waals surface area contributed by atoms with Gasteiger partial charge in [0, 0.05) is 22.8 Å². The summed E-state index contributed by atoms with van der Waals surface area (Å²) in [5, 5.41) is 2.78. The van der Waals surface area contributed by atoms with Gasteiger partial charge >= 0.3 is 0 Å². The number of likely N-dealkylation sites (tertiary alicyclic amines) is 1. The van der Waals surface area contributed by atoms with Crippen LogP contribution in [-0.4, -0.2) is 23.1 Å². The second-order valence-electron chi connectivity index (χ2n) is 7.99. The van der Waals surface area contributed by atoms with Crippen LogP contribution in [0.1, 0.15) is 31.7 Å². The number of aromatic nitrogens is 2. The first-order valence-corrected chi connectivity index (χ1v) is 10.3. The van der Waals surface area contributed by atoms with Crippen LogP contribution in [0.15, 0.2) is 34.4 Å². The fraction of sp³-hybridized carbons (Fsp3) is 0.429. The van der Waals surface area contributed by atoms with Crippen molar-refractivity contribution in [3.05, 3.63) is 51.4 Å². The zero-order chi connectivity index (χ0) is 18.3. The molecule has 1 fully saturated rings. The largest absolute Gasteiger partial charge is 0.328 e. The number of fused-ring (bicyclic) bond motifs is 1. The van der Waals surface area contributed by atoms with Gasteiger partial charge in [-0.05, 0) is 18.9 Å². The van der Waals surface area contributed by atoms with Crippen molar-refractivity contribution >= 4 is 21.6 Å². The summed E-state index contributed by atoms with van der Waals surface area (Å²) in [5.74, 6) is 2.29. The molecule has 26 heavy (non-hydrogen) atoms. The Kier molecular flexibility index (Phi) is 4.67. The van der Waals surface area contributed by atoms with E-state index in [-0.39, 0.29) is 5.56 Å². The molecule has 0 aliphatic carbocycles. The van der Waals surface area contributed by atoms with Gasteiger partial charge in [0.2, 0.25) is 0 Å². The molecule has 3 heterocycles. The van der Waals surface area contributed by atoms with Crippen molar-refractivity contribution in [1.29, 1.82) is 0 Å². The van der Waals surface area contributed by atoms with Crippen LogP contribution in [0.5, 0.6) is 0 Å². The predicted molar refractivity (Wildman–Crippen MR) is 108 cm³/mol. The van der Waals surface area contributed by atoms with Crippen LogP contribution >= 0.6 is 11.3 Å². The van der Waals surface area contributed by atoms with E-state index in [1.807, 2.05) is 0 Å². The zero-order valence-corrected chi connectivity index (χ0v) is 16.5. The summed E-state index contributed by atoms with van der Waals surface area (Å²) >= 11 is 1.56. The average Bonchev–Trinajstić information content (AvgIpc) is 2.99. The number of hydrogen-bond acceptors (Lipinski definition) is 3. The lowest BCUT2D eigenvalue weighted by molar-refractivity contribution is -0.926. The van der Waals surface area contributed by atoms with E-state index >= 15 is 0 Å². The van der Waals surface area contributed by atoms with Crippen LogP contribution in [0.3, 0.4) is 0 Å². The van der Waals surface area contributed by atoms with Crippen LogP contribution < -0.4 is 10.5 Å². The summed E-state index contributed by atoms with van der Waals surface area (Å²) in [4.78, 5) is 23.0. The molecule has 0 unspecified atom stereocenters. The van der Waals surface area contributed by atoms with Gasteiger partial charge in [0.25, 0.3) is 5.56 Å². The van der Waals surface area contributed by atoms with Crippen LogP contribution in [0.25, 0.3) is 21.3 Å². The highest BCUT2D eigenvalue weighted by atomic mass is 32.1. The summed E-state index contributed by atoms with van der Waals surface area (Å²) in [6.45, 7) is 9.83. The standard InChI is InChI=1S/C21H25N3OS/c1-13-4-6-16(7-5-13)17-12-26-21-19(17)20(25)22-18(23-21)11-24-9-14(2)8-15(3)10-24/h4-7,12,14-15H,8-11H2,1-3H3,(H,22,23,25)/p+1/t14-,15-/m0/s1. The smallest absolute Gasteiger partial charge is 0.260 e. The Morgan fingerprint density at radius 1 is 1.19 bits per heavy atom. The van der Waals surface area contributed by atoms with Crippen molar-refractivity contribution in [1.82, 2.24) is 9.97 Å². The fourth-order valence-corrected chi connectivity index (χ4v) is 5.29. The van der Waals surface area contributed by atoms with E-state index < -0.39 is 0 Å². The molecule has 1 aliphatic rings. The Morgan fingerprint density at radius 3 is 2.58 bits per heavy atom. The molecule has 0 spiro atoms. The van der Waals surface area contributed by atoms with E-state index in [4.69, 9.17) is 4.98 Å². The lowest BCUT2D eigenvalue weighted by atomic mass is 9.92. The Balaban J connectivity index is 1.66. The van der Waals surface area contributed by atoms with Gasteiger partial charge in [-0.2, -0.15) is 0 Å². The Morgan fingerprint density at radius 2 is 1.88 bits per heavy atom. The molecule has 1 aliphatic heterocycles. The van der Waals surface area contributed by atoms with Gasteiger partial charge in [-0.1, -0.05) is 43.7 Å². The number of benzene rings is 1. The molecule has 0 bridgehead atoms. The number of aryl methyl sites for hydroxylation is 1. The molecular weight excluding hydrogens is 342 g/mol. The number of H-pyrrole nitrogens is 1. The molecule has 1 saturated heterocycles. The Labute approximate surface area is 157 Å². The van der Waals surface area contributed by atoms with E-state index in [0.29, 0.717) is 0 Å². The molecule has 0 amide bonds. The summed E-state index contributed by atoms with van der Waals surface area (Å²) in [7, 11) is 0. The zero-order valence-electron chi connectivity index (χ0n) is 15.6. The van der Waals surface area contributed by atoms with Crippen molar-refractivity contribution in [2.75, 3.05) is 13.1 Å². The van der Waals surface area contributed by atoms with Gasteiger partial charge in [0.05, 0.1) is 18.5 Å². The first-order chi connectivity index (χ1) is 12.5. The SMILES string of the molecule is Cc1ccc(-c2csc3nc(C[NH+]4C[C@@H](C)C[C@H](C)C4)[nH]c(=O)c23)cc1. The van der Waals surface area contributed by atoms with Crippen LogP contribution in [0.4, 0.5) is 0 Å². The lowest BCUT2D eigenvalue weighted by Crippen LogP contribution is -3.13. The van der Waals surface area contributed by atoms with Gasteiger partial charge in [-0.25, -0.2) is 4.98 Å². The summed E-state index contributed by atoms with van der Waals surface area (Å²) in [6, 6.07) is 8.31. The van der Waals surface area contributed by atoms with Crippen molar-refractivity contribution in [3.63, 3.8) is 0 Å². The lowest BCUT2D eigenvalue weighted by Gasteiger charge is -2.31. The molecule has 5 heteroatoms. The molecule has 0 radical (unpaired) electrons. The Bertz CT molecular complexity index is 963. The molecule has 2 aromatic heterocycles. The minimum Gasteiger partial charge on any atom is -0.328 e. The van der Waals surface area contributed by atoms with Gasteiger partial charge in [0.15, 0.2) is 5.82 Å². The van der Waals surface area contributed by atoms with E-state index in [1.54, 1.807) is 11.3 Å². The van der Waals surface area contributed by atoms with Crippen LogP contribution in [-0.2, 0) is 6.54 Å². The molecule has 4 nitrogen and oxygen atoms in total. The van der Waals surface area contributed by atoms with Crippen LogP contribution in [0, 0.1) is 18.8 Å². The first-order valence-electron chi connectivity index (χ1n) is 9.40. The number of aromatic amines is 1. The van der Waals surface area contributed by atoms with Gasteiger partial charge < -0.3 is 9.88 Å². The second kappa shape index (κ2) is 6.97. The fourth-order valence-electron chi connectivity index (χ4n) is 4.33. The van der Waals surface area contributed by atoms with E-state index in [1.165, 1.54) is 16.9 Å². The maximum absolute atomic E-state index is 12.8. The highest BCUT2D eigenvalue weighted by Crippen LogP contribution is 2.30. The maximum Gasteiger partial charge on any atom is 0.260 e. The summed E-state index contributed by atoms with van der Waals surface area (Å²) in [6.07, 6.45) is 1.30. The van der Waals surface area contributed by atoms with E-state index in [2.05, 4.69) is 55.4 Å². The molecule has 1 aromatic carbocycles.